The number of hydrogen-bond donors (Lipinski definition) is 0. The highest BCUT2D eigenvalue weighted by atomic mass is 15.0. The number of benzene rings is 8. The van der Waals surface area contributed by atoms with Crippen LogP contribution < -0.4 is 0 Å². The molecule has 0 aliphatic rings. The lowest BCUT2D eigenvalue weighted by molar-refractivity contribution is 1.16. The molecule has 0 spiro atoms. The molecule has 0 radical (unpaired) electrons. The van der Waals surface area contributed by atoms with E-state index in [0.29, 0.717) is 4.57 Å². The van der Waals surface area contributed by atoms with Gasteiger partial charge >= 0.3 is 0 Å². The lowest BCUT2D eigenvalue weighted by Crippen LogP contribution is -1.97. The van der Waals surface area contributed by atoms with Gasteiger partial charge in [0.1, 0.15) is 0 Å². The average molecular weight is 681 g/mol. The van der Waals surface area contributed by atoms with Gasteiger partial charge in [-0.3, -0.25) is 0 Å². The van der Waals surface area contributed by atoms with Crippen LogP contribution in [0.2, 0.25) is 0 Å². The Labute approximate surface area is 338 Å². The van der Waals surface area contributed by atoms with E-state index in [1.54, 1.807) is 0 Å². The molecule has 0 amide bonds. The van der Waals surface area contributed by atoms with Crippen LogP contribution in [0.25, 0.3) is 93.6 Å². The van der Waals surface area contributed by atoms with E-state index in [4.69, 9.17) is 26.0 Å². The van der Waals surface area contributed by atoms with Crippen molar-refractivity contribution >= 4 is 65.4 Å². The van der Waals surface area contributed by atoms with E-state index in [1.165, 1.54) is 0 Å². The van der Waals surface area contributed by atoms with Crippen molar-refractivity contribution in [1.82, 2.24) is 13.7 Å². The number of para-hydroxylation sites is 4. The smallest absolute Gasteiger partial charge is 0.0652 e. The van der Waals surface area contributed by atoms with Crippen LogP contribution in [-0.4, -0.2) is 13.7 Å². The lowest BCUT2D eigenvalue weighted by Gasteiger charge is -2.13. The minimum atomic E-state index is -1.11. The molecule has 0 saturated heterocycles. The molecule has 0 fully saturated rings. The highest BCUT2D eigenvalue weighted by Gasteiger charge is 2.20. The van der Waals surface area contributed by atoms with Gasteiger partial charge in [-0.25, -0.2) is 0 Å². The number of rotatable bonds is 4. The first-order valence-corrected chi connectivity index (χ1v) is 15.0. The Hall–Kier alpha value is -6.84. The average Bonchev–Trinajstić information content (AvgIpc) is 3.69. The van der Waals surface area contributed by atoms with Gasteiger partial charge in [0, 0.05) is 43.7 Å². The molecule has 3 heteroatoms. The van der Waals surface area contributed by atoms with Crippen LogP contribution in [0.3, 0.4) is 0 Å². The minimum Gasteiger partial charge on any atom is -0.309 e. The minimum absolute atomic E-state index is 0.495. The van der Waals surface area contributed by atoms with E-state index in [9.17, 15) is 16.4 Å². The molecule has 0 bridgehead atoms. The molecule has 3 aromatic heterocycles. The summed E-state index contributed by atoms with van der Waals surface area (Å²) in [6.45, 7) is 0. The van der Waals surface area contributed by atoms with Crippen molar-refractivity contribution < 1.29 is 42.5 Å². The topological polar surface area (TPSA) is 14.8 Å². The second-order valence-corrected chi connectivity index (χ2v) is 11.0. The van der Waals surface area contributed by atoms with Gasteiger partial charge in [0.05, 0.1) is 81.3 Å². The molecule has 51 heavy (non-hydrogen) atoms. The zero-order valence-corrected chi connectivity index (χ0v) is 25.3. The highest BCUT2D eigenvalue weighted by Crippen LogP contribution is 2.41. The first kappa shape index (κ1) is 11.3. The molecule has 11 aromatic rings. The molecular weight excluding hydrogens is 619 g/mol. The molecule has 3 heterocycles. The van der Waals surface area contributed by atoms with Gasteiger partial charge in [-0.05, 0) is 77.6 Å². The predicted octanol–water partition coefficient (Wildman–Crippen LogP) is 12.6. The fourth-order valence-electron chi connectivity index (χ4n) is 6.38. The third-order valence-corrected chi connectivity index (χ3v) is 8.41. The summed E-state index contributed by atoms with van der Waals surface area (Å²) in [5.41, 5.74) is -8.53. The van der Waals surface area contributed by atoms with Gasteiger partial charge in [-0.15, -0.1) is 0 Å². The van der Waals surface area contributed by atoms with Crippen molar-refractivity contribution in [3.05, 3.63) is 187 Å². The first-order valence-electron chi connectivity index (χ1n) is 30.5. The molecule has 0 atom stereocenters. The molecule has 0 aliphatic heterocycles. The van der Waals surface area contributed by atoms with Gasteiger partial charge in [-0.2, -0.15) is 0 Å². The molecule has 238 valence electrons. The highest BCUT2D eigenvalue weighted by molar-refractivity contribution is 6.17. The molecule has 0 N–H and O–H groups in total. The van der Waals surface area contributed by atoms with Crippen molar-refractivity contribution in [3.63, 3.8) is 0 Å². The number of fused-ring (bicyclic) bond motifs is 9. The van der Waals surface area contributed by atoms with Gasteiger partial charge in [0.2, 0.25) is 0 Å². The van der Waals surface area contributed by atoms with Crippen molar-refractivity contribution in [2.45, 2.75) is 0 Å². The maximum absolute atomic E-state index is 10.1. The van der Waals surface area contributed by atoms with Gasteiger partial charge in [0.15, 0.2) is 0 Å². The van der Waals surface area contributed by atoms with E-state index in [2.05, 4.69) is 0 Å². The zero-order valence-electron chi connectivity index (χ0n) is 56.3. The number of nitrogens with zero attached hydrogens (tertiary/aromatic N) is 3. The summed E-state index contributed by atoms with van der Waals surface area (Å²) >= 11 is 0. The van der Waals surface area contributed by atoms with Crippen LogP contribution in [0.15, 0.2) is 187 Å². The second kappa shape index (κ2) is 10.8. The summed E-state index contributed by atoms with van der Waals surface area (Å²) in [6, 6.07) is -30.0. The Bertz CT molecular complexity index is 4830. The monoisotopic (exact) mass is 680 g/mol. The first-order chi connectivity index (χ1) is 38.2. The van der Waals surface area contributed by atoms with E-state index >= 15 is 0 Å². The maximum Gasteiger partial charge on any atom is 0.0652 e. The van der Waals surface area contributed by atoms with E-state index in [0.717, 1.165) is 9.13 Å². The van der Waals surface area contributed by atoms with Crippen LogP contribution >= 0.6 is 0 Å². The summed E-state index contributed by atoms with van der Waals surface area (Å²) < 4.78 is 283. The van der Waals surface area contributed by atoms with E-state index in [1.807, 2.05) is 0 Å². The van der Waals surface area contributed by atoms with Crippen molar-refractivity contribution in [1.29, 1.82) is 0 Å². The quantitative estimate of drug-likeness (QED) is 0.176. The summed E-state index contributed by atoms with van der Waals surface area (Å²) in [5, 5.41) is -3.76. The summed E-state index contributed by atoms with van der Waals surface area (Å²) in [5.74, 6) is 0. The predicted molar refractivity (Wildman–Crippen MR) is 215 cm³/mol. The Morgan fingerprint density at radius 2 is 0.765 bits per heavy atom. The Kier molecular flexibility index (Phi) is 2.41. The molecule has 8 aromatic carbocycles. The van der Waals surface area contributed by atoms with Crippen molar-refractivity contribution in [3.8, 4) is 28.2 Å². The lowest BCUT2D eigenvalue weighted by atomic mass is 10.1. The fraction of sp³-hybridized carbons (Fsp3) is 0. The van der Waals surface area contributed by atoms with Crippen LogP contribution in [0.5, 0.6) is 0 Å². The molecule has 0 saturated carbocycles. The Morgan fingerprint density at radius 3 is 1.47 bits per heavy atom. The normalized spacial score (nSPS) is 20.4. The van der Waals surface area contributed by atoms with Crippen LogP contribution in [0, 0.1) is 0 Å². The summed E-state index contributed by atoms with van der Waals surface area (Å²) in [7, 11) is 0. The maximum atomic E-state index is 10.1. The van der Waals surface area contributed by atoms with E-state index in [-0.39, 0.29) is 0 Å². The van der Waals surface area contributed by atoms with Gasteiger partial charge in [-0.1, -0.05) is 121 Å². The van der Waals surface area contributed by atoms with Gasteiger partial charge in [0.25, 0.3) is 0 Å². The standard InChI is InChI=1S/C48H31N3/c1-2-14-32(15-3-1)33-16-12-17-34(30-33)50-44-25-11-7-21-39(44)48-46(50)26-13-27-47(48)51-43-24-10-6-20-38(43)40-31-35(28-29-45(40)51)49-41-22-8-4-18-36(41)37-19-5-9-23-42(37)49/h1-31H/i1D,2D,3D,4D,5D,6D,7D,8D,9D,10D,11D,12D,13D,14D,15D,16D,17D,18D,19D,20D,21D,22D,23D,24D,25D,26D,27D,28D,29D,30D,31D. The molecular formula is C48H31N3. The summed E-state index contributed by atoms with van der Waals surface area (Å²) in [6.07, 6.45) is 0. The van der Waals surface area contributed by atoms with E-state index < -0.39 is 281 Å². The van der Waals surface area contributed by atoms with Crippen LogP contribution in [0.1, 0.15) is 42.5 Å². The summed E-state index contributed by atoms with van der Waals surface area (Å²) in [4.78, 5) is 0. The Morgan fingerprint density at radius 1 is 0.294 bits per heavy atom. The van der Waals surface area contributed by atoms with Crippen molar-refractivity contribution in [2.75, 3.05) is 0 Å². The molecule has 3 nitrogen and oxygen atoms in total. The molecule has 0 unspecified atom stereocenters. The zero-order chi connectivity index (χ0) is 60.4. The number of hydrogen-bond acceptors (Lipinski definition) is 0. The molecule has 0 aliphatic carbocycles. The van der Waals surface area contributed by atoms with Crippen LogP contribution in [0.4, 0.5) is 0 Å². The SMILES string of the molecule is [2H]c1c([2H])c([2H])c(-c2c([2H])c([2H])c([2H])c(-n3c4c([2H])c([2H])c([2H])c([2H])c4c4c(-n5c6c([2H])c([2H])c([2H])c([2H])c6c6c([2H])c(-n7c8c([2H])c([2H])c([2H])c([2H])c8c8c([2H])c([2H])c([2H])c([2H])c87)c([2H])c([2H])c65)c([2H])c([2H])c([2H])c43)c2[2H])c([2H])c1[2H]. The second-order valence-electron chi connectivity index (χ2n) is 11.0. The number of aromatic nitrogens is 3. The molecule has 11 rings (SSSR count). The van der Waals surface area contributed by atoms with Crippen LogP contribution in [-0.2, 0) is 0 Å². The van der Waals surface area contributed by atoms with Crippen molar-refractivity contribution in [2.24, 2.45) is 0 Å². The fourth-order valence-corrected chi connectivity index (χ4v) is 6.38. The third kappa shape index (κ3) is 4.06. The van der Waals surface area contributed by atoms with Gasteiger partial charge < -0.3 is 13.7 Å². The largest absolute Gasteiger partial charge is 0.309 e. The Balaban J connectivity index is 1.43. The third-order valence-electron chi connectivity index (χ3n) is 8.41.